The van der Waals surface area contributed by atoms with E-state index in [4.69, 9.17) is 11.6 Å². The largest absolute Gasteiger partial charge is 0.381 e. The van der Waals surface area contributed by atoms with E-state index in [0.29, 0.717) is 11.5 Å². The molecular formula is C17H23BrClN. The molecule has 0 bridgehead atoms. The summed E-state index contributed by atoms with van der Waals surface area (Å²) in [6.45, 7) is 2.04. The van der Waals surface area contributed by atoms with Crippen LogP contribution >= 0.6 is 27.5 Å². The van der Waals surface area contributed by atoms with Crippen molar-refractivity contribution in [3.05, 3.63) is 27.2 Å². The number of hydrogen-bond acceptors (Lipinski definition) is 1. The van der Waals surface area contributed by atoms with Crippen molar-refractivity contribution in [3.63, 3.8) is 0 Å². The fourth-order valence-electron chi connectivity index (χ4n) is 3.98. The minimum absolute atomic E-state index is 0.608. The van der Waals surface area contributed by atoms with E-state index in [-0.39, 0.29) is 0 Å². The van der Waals surface area contributed by atoms with Crippen LogP contribution in [-0.2, 0) is 0 Å². The minimum atomic E-state index is 0.608. The predicted molar refractivity (Wildman–Crippen MR) is 90.7 cm³/mol. The van der Waals surface area contributed by atoms with Gasteiger partial charge in [-0.15, -0.1) is 0 Å². The van der Waals surface area contributed by atoms with E-state index >= 15 is 0 Å². The Morgan fingerprint density at radius 1 is 1.15 bits per heavy atom. The van der Waals surface area contributed by atoms with Gasteiger partial charge in [0.05, 0.1) is 5.69 Å². The van der Waals surface area contributed by atoms with Crippen molar-refractivity contribution in [2.75, 3.05) is 5.32 Å². The molecule has 2 aliphatic carbocycles. The molecule has 0 aromatic heterocycles. The lowest BCUT2D eigenvalue weighted by atomic mass is 9.71. The van der Waals surface area contributed by atoms with Gasteiger partial charge in [0.15, 0.2) is 0 Å². The summed E-state index contributed by atoms with van der Waals surface area (Å²) in [7, 11) is 0. The maximum atomic E-state index is 6.24. The van der Waals surface area contributed by atoms with Gasteiger partial charge in [-0.05, 0) is 84.5 Å². The second kappa shape index (κ2) is 5.88. The molecule has 1 aromatic carbocycles. The molecule has 1 aromatic rings. The average molecular weight is 357 g/mol. The van der Waals surface area contributed by atoms with Gasteiger partial charge < -0.3 is 5.32 Å². The lowest BCUT2D eigenvalue weighted by molar-refractivity contribution is 0.188. The summed E-state index contributed by atoms with van der Waals surface area (Å²) >= 11 is 9.89. The number of aryl methyl sites for hydroxylation is 1. The van der Waals surface area contributed by atoms with Crippen LogP contribution < -0.4 is 5.32 Å². The third-order valence-electron chi connectivity index (χ3n) is 5.32. The van der Waals surface area contributed by atoms with E-state index in [1.54, 1.807) is 0 Å². The second-order valence-electron chi connectivity index (χ2n) is 6.71. The molecular weight excluding hydrogens is 334 g/mol. The van der Waals surface area contributed by atoms with Gasteiger partial charge in [0, 0.05) is 15.5 Å². The van der Waals surface area contributed by atoms with Gasteiger partial charge in [-0.2, -0.15) is 0 Å². The van der Waals surface area contributed by atoms with E-state index in [1.807, 2.05) is 6.92 Å². The molecule has 0 radical (unpaired) electrons. The summed E-state index contributed by atoms with van der Waals surface area (Å²) < 4.78 is 1.13. The first-order valence-corrected chi connectivity index (χ1v) is 8.97. The molecule has 2 aliphatic rings. The number of anilines is 1. The SMILES string of the molecule is Cc1cc(Br)c(NC2CCC3(CCCC3)CC2)cc1Cl. The zero-order valence-electron chi connectivity index (χ0n) is 12.1. The van der Waals surface area contributed by atoms with Crippen LogP contribution in [0.1, 0.15) is 56.9 Å². The lowest BCUT2D eigenvalue weighted by Gasteiger charge is -2.38. The number of hydrogen-bond donors (Lipinski definition) is 1. The number of halogens is 2. The smallest absolute Gasteiger partial charge is 0.0501 e. The fraction of sp³-hybridized carbons (Fsp3) is 0.647. The Balaban J connectivity index is 1.63. The Labute approximate surface area is 135 Å². The third-order valence-corrected chi connectivity index (χ3v) is 6.38. The summed E-state index contributed by atoms with van der Waals surface area (Å²) in [5, 5.41) is 4.54. The highest BCUT2D eigenvalue weighted by Crippen LogP contribution is 2.49. The topological polar surface area (TPSA) is 12.0 Å². The fourth-order valence-corrected chi connectivity index (χ4v) is 4.71. The normalized spacial score (nSPS) is 22.4. The predicted octanol–water partition coefficient (Wildman–Crippen LogP) is 6.33. The number of nitrogens with one attached hydrogen (secondary N) is 1. The first-order valence-electron chi connectivity index (χ1n) is 7.80. The lowest BCUT2D eigenvalue weighted by Crippen LogP contribution is -2.31. The molecule has 0 amide bonds. The molecule has 2 fully saturated rings. The summed E-state index contributed by atoms with van der Waals surface area (Å²) in [5.41, 5.74) is 2.98. The molecule has 1 nitrogen and oxygen atoms in total. The van der Waals surface area contributed by atoms with Crippen molar-refractivity contribution in [1.29, 1.82) is 0 Å². The zero-order chi connectivity index (χ0) is 14.2. The van der Waals surface area contributed by atoms with Crippen molar-refractivity contribution in [2.45, 2.75) is 64.3 Å². The second-order valence-corrected chi connectivity index (χ2v) is 7.97. The van der Waals surface area contributed by atoms with Crippen molar-refractivity contribution < 1.29 is 0 Å². The van der Waals surface area contributed by atoms with Crippen molar-refractivity contribution in [2.24, 2.45) is 5.41 Å². The first kappa shape index (κ1) is 14.7. The van der Waals surface area contributed by atoms with Gasteiger partial charge in [-0.1, -0.05) is 24.4 Å². The molecule has 3 heteroatoms. The molecule has 0 atom stereocenters. The third kappa shape index (κ3) is 3.01. The Morgan fingerprint density at radius 2 is 1.80 bits per heavy atom. The van der Waals surface area contributed by atoms with E-state index in [0.717, 1.165) is 20.7 Å². The minimum Gasteiger partial charge on any atom is -0.381 e. The quantitative estimate of drug-likeness (QED) is 0.653. The van der Waals surface area contributed by atoms with Gasteiger partial charge in [0.1, 0.15) is 0 Å². The Bertz CT molecular complexity index is 484. The number of benzene rings is 1. The molecule has 1 spiro atoms. The van der Waals surface area contributed by atoms with Gasteiger partial charge in [0.25, 0.3) is 0 Å². The molecule has 20 heavy (non-hydrogen) atoms. The van der Waals surface area contributed by atoms with Gasteiger partial charge >= 0.3 is 0 Å². The van der Waals surface area contributed by atoms with Crippen LogP contribution in [0.2, 0.25) is 5.02 Å². The molecule has 1 N–H and O–H groups in total. The monoisotopic (exact) mass is 355 g/mol. The van der Waals surface area contributed by atoms with Crippen molar-refractivity contribution >= 4 is 33.2 Å². The average Bonchev–Trinajstić information content (AvgIpc) is 2.87. The molecule has 110 valence electrons. The molecule has 0 heterocycles. The van der Waals surface area contributed by atoms with E-state index < -0.39 is 0 Å². The number of rotatable bonds is 2. The molecule has 2 saturated carbocycles. The zero-order valence-corrected chi connectivity index (χ0v) is 14.5. The van der Waals surface area contributed by atoms with Crippen LogP contribution in [0.5, 0.6) is 0 Å². The Morgan fingerprint density at radius 3 is 2.45 bits per heavy atom. The molecule has 3 rings (SSSR count). The van der Waals surface area contributed by atoms with Crippen LogP contribution in [0.15, 0.2) is 16.6 Å². The highest BCUT2D eigenvalue weighted by molar-refractivity contribution is 9.10. The standard InChI is InChI=1S/C17H23BrClN/c1-12-10-14(18)16(11-15(12)19)20-13-4-8-17(9-5-13)6-2-3-7-17/h10-11,13,20H,2-9H2,1H3. The van der Waals surface area contributed by atoms with E-state index in [1.165, 1.54) is 51.4 Å². The van der Waals surface area contributed by atoms with Crippen LogP contribution in [0.3, 0.4) is 0 Å². The highest BCUT2D eigenvalue weighted by atomic mass is 79.9. The molecule has 0 unspecified atom stereocenters. The maximum Gasteiger partial charge on any atom is 0.0501 e. The Kier molecular flexibility index (Phi) is 4.33. The van der Waals surface area contributed by atoms with Crippen LogP contribution in [0, 0.1) is 12.3 Å². The first-order chi connectivity index (χ1) is 9.58. The van der Waals surface area contributed by atoms with Crippen LogP contribution in [0.25, 0.3) is 0 Å². The Hall–Kier alpha value is -0.210. The van der Waals surface area contributed by atoms with Crippen LogP contribution in [0.4, 0.5) is 5.69 Å². The maximum absolute atomic E-state index is 6.24. The summed E-state index contributed by atoms with van der Waals surface area (Å²) in [4.78, 5) is 0. The molecule has 0 saturated heterocycles. The van der Waals surface area contributed by atoms with Gasteiger partial charge in [0.2, 0.25) is 0 Å². The highest BCUT2D eigenvalue weighted by Gasteiger charge is 2.37. The molecule has 0 aliphatic heterocycles. The summed E-state index contributed by atoms with van der Waals surface area (Å²) in [6.07, 6.45) is 11.3. The van der Waals surface area contributed by atoms with Crippen LogP contribution in [-0.4, -0.2) is 6.04 Å². The summed E-state index contributed by atoms with van der Waals surface area (Å²) in [6, 6.07) is 4.77. The van der Waals surface area contributed by atoms with Gasteiger partial charge in [-0.25, -0.2) is 0 Å². The van der Waals surface area contributed by atoms with Crippen molar-refractivity contribution in [3.8, 4) is 0 Å². The van der Waals surface area contributed by atoms with E-state index in [2.05, 4.69) is 33.4 Å². The summed E-state index contributed by atoms with van der Waals surface area (Å²) in [5.74, 6) is 0. The van der Waals surface area contributed by atoms with E-state index in [9.17, 15) is 0 Å². The van der Waals surface area contributed by atoms with Gasteiger partial charge in [-0.3, -0.25) is 0 Å². The van der Waals surface area contributed by atoms with Crippen molar-refractivity contribution in [1.82, 2.24) is 0 Å².